The highest BCUT2D eigenvalue weighted by Gasteiger charge is 2.22. The van der Waals surface area contributed by atoms with Gasteiger partial charge in [-0.3, -0.25) is 4.79 Å². The molecule has 106 valence electrons. The van der Waals surface area contributed by atoms with Gasteiger partial charge in [0.1, 0.15) is 11.3 Å². The summed E-state index contributed by atoms with van der Waals surface area (Å²) in [7, 11) is 0. The summed E-state index contributed by atoms with van der Waals surface area (Å²) in [6, 6.07) is 13.5. The molecule has 1 aromatic heterocycles. The summed E-state index contributed by atoms with van der Waals surface area (Å²) in [5.41, 5.74) is 3.14. The predicted octanol–water partition coefficient (Wildman–Crippen LogP) is 5.30. The van der Waals surface area contributed by atoms with E-state index in [2.05, 4.69) is 15.9 Å². The zero-order valence-corrected chi connectivity index (χ0v) is 13.5. The van der Waals surface area contributed by atoms with Crippen LogP contribution in [0.1, 0.15) is 34.2 Å². The number of benzene rings is 2. The van der Waals surface area contributed by atoms with Crippen LogP contribution in [0, 0.1) is 6.92 Å². The average molecular weight is 343 g/mol. The Labute approximate surface area is 131 Å². The highest BCUT2D eigenvalue weighted by molar-refractivity contribution is 9.10. The molecule has 0 saturated heterocycles. The van der Waals surface area contributed by atoms with Gasteiger partial charge in [0.05, 0.1) is 5.56 Å². The van der Waals surface area contributed by atoms with E-state index in [9.17, 15) is 4.79 Å². The minimum absolute atomic E-state index is 0.0237. The molecule has 0 amide bonds. The summed E-state index contributed by atoms with van der Waals surface area (Å²) in [5.74, 6) is 0.774. The number of para-hydroxylation sites is 1. The van der Waals surface area contributed by atoms with Gasteiger partial charge < -0.3 is 4.42 Å². The summed E-state index contributed by atoms with van der Waals surface area (Å²) < 4.78 is 6.73. The molecule has 3 heteroatoms. The molecule has 0 N–H and O–H groups in total. The first-order valence-corrected chi connectivity index (χ1v) is 7.72. The van der Waals surface area contributed by atoms with Crippen molar-refractivity contribution in [3.63, 3.8) is 0 Å². The molecular weight excluding hydrogens is 328 g/mol. The average Bonchev–Trinajstić information content (AvgIpc) is 2.87. The standard InChI is InChI=1S/C18H15BrO2/c1-3-15-17(13-6-4-5-7-16(13)21-15)18(20)14-10-12(19)9-8-11(14)2/h4-10H,3H2,1-2H3. The third-order valence-corrected chi connectivity index (χ3v) is 4.15. The Balaban J connectivity index is 2.24. The van der Waals surface area contributed by atoms with Gasteiger partial charge in [0.15, 0.2) is 5.78 Å². The van der Waals surface area contributed by atoms with Crippen molar-refractivity contribution in [2.75, 3.05) is 0 Å². The zero-order chi connectivity index (χ0) is 15.0. The van der Waals surface area contributed by atoms with Crippen LogP contribution in [-0.4, -0.2) is 5.78 Å². The van der Waals surface area contributed by atoms with Crippen LogP contribution < -0.4 is 0 Å². The van der Waals surface area contributed by atoms with E-state index < -0.39 is 0 Å². The minimum Gasteiger partial charge on any atom is -0.460 e. The molecule has 0 atom stereocenters. The van der Waals surface area contributed by atoms with Gasteiger partial charge in [-0.25, -0.2) is 0 Å². The molecule has 2 nitrogen and oxygen atoms in total. The number of hydrogen-bond acceptors (Lipinski definition) is 2. The molecular formula is C18H15BrO2. The smallest absolute Gasteiger partial charge is 0.197 e. The van der Waals surface area contributed by atoms with Crippen LogP contribution in [0.25, 0.3) is 11.0 Å². The molecule has 0 bridgehead atoms. The molecule has 1 heterocycles. The van der Waals surface area contributed by atoms with Crippen LogP contribution in [0.3, 0.4) is 0 Å². The topological polar surface area (TPSA) is 30.2 Å². The van der Waals surface area contributed by atoms with E-state index in [1.54, 1.807) is 0 Å². The van der Waals surface area contributed by atoms with Crippen LogP contribution in [0.5, 0.6) is 0 Å². The lowest BCUT2D eigenvalue weighted by Gasteiger charge is -2.06. The Hall–Kier alpha value is -1.87. The lowest BCUT2D eigenvalue weighted by atomic mass is 9.96. The quantitative estimate of drug-likeness (QED) is 0.604. The first-order valence-electron chi connectivity index (χ1n) is 6.93. The first-order chi connectivity index (χ1) is 10.1. The largest absolute Gasteiger partial charge is 0.460 e. The number of furan rings is 1. The maximum absolute atomic E-state index is 13.0. The Morgan fingerprint density at radius 1 is 1.19 bits per heavy atom. The number of carbonyl (C=O) groups is 1. The van der Waals surface area contributed by atoms with Crippen LogP contribution in [-0.2, 0) is 6.42 Å². The zero-order valence-electron chi connectivity index (χ0n) is 11.9. The van der Waals surface area contributed by atoms with Crippen LogP contribution >= 0.6 is 15.9 Å². The van der Waals surface area contributed by atoms with Crippen molar-refractivity contribution in [2.45, 2.75) is 20.3 Å². The summed E-state index contributed by atoms with van der Waals surface area (Å²) in [5, 5.41) is 0.888. The van der Waals surface area contributed by atoms with Crippen molar-refractivity contribution in [1.29, 1.82) is 0 Å². The number of aryl methyl sites for hydroxylation is 2. The molecule has 0 aliphatic rings. The predicted molar refractivity (Wildman–Crippen MR) is 87.9 cm³/mol. The maximum Gasteiger partial charge on any atom is 0.197 e. The second-order valence-electron chi connectivity index (χ2n) is 5.04. The Bertz CT molecular complexity index is 830. The van der Waals surface area contributed by atoms with Gasteiger partial charge in [-0.05, 0) is 30.7 Å². The molecule has 0 radical (unpaired) electrons. The normalized spacial score (nSPS) is 11.0. The molecule has 3 aromatic rings. The number of hydrogen-bond donors (Lipinski definition) is 0. The van der Waals surface area contributed by atoms with Gasteiger partial charge in [-0.2, -0.15) is 0 Å². The van der Waals surface area contributed by atoms with Crippen LogP contribution in [0.4, 0.5) is 0 Å². The fraction of sp³-hybridized carbons (Fsp3) is 0.167. The Kier molecular flexibility index (Phi) is 3.68. The van der Waals surface area contributed by atoms with Gasteiger partial charge in [0.25, 0.3) is 0 Å². The third kappa shape index (κ3) is 2.42. The second-order valence-corrected chi connectivity index (χ2v) is 5.95. The molecule has 0 unspecified atom stereocenters. The van der Waals surface area contributed by atoms with E-state index in [0.29, 0.717) is 17.5 Å². The van der Waals surface area contributed by atoms with Gasteiger partial charge in [0, 0.05) is 21.8 Å². The van der Waals surface area contributed by atoms with Crippen LogP contribution in [0.15, 0.2) is 51.4 Å². The van der Waals surface area contributed by atoms with Crippen molar-refractivity contribution in [3.8, 4) is 0 Å². The summed E-state index contributed by atoms with van der Waals surface area (Å²) in [4.78, 5) is 13.0. The molecule has 0 aliphatic carbocycles. The van der Waals surface area contributed by atoms with Crippen molar-refractivity contribution in [3.05, 3.63) is 69.4 Å². The SMILES string of the molecule is CCc1oc2ccccc2c1C(=O)c1cc(Br)ccc1C. The van der Waals surface area contributed by atoms with Crippen molar-refractivity contribution in [2.24, 2.45) is 0 Å². The number of fused-ring (bicyclic) bond motifs is 1. The van der Waals surface area contributed by atoms with E-state index in [1.807, 2.05) is 56.3 Å². The van der Waals surface area contributed by atoms with E-state index >= 15 is 0 Å². The lowest BCUT2D eigenvalue weighted by Crippen LogP contribution is -2.05. The van der Waals surface area contributed by atoms with Crippen molar-refractivity contribution < 1.29 is 9.21 Å². The van der Waals surface area contributed by atoms with E-state index in [1.165, 1.54) is 0 Å². The fourth-order valence-corrected chi connectivity index (χ4v) is 2.93. The van der Waals surface area contributed by atoms with Crippen molar-refractivity contribution >= 4 is 32.7 Å². The molecule has 0 fully saturated rings. The molecule has 3 rings (SSSR count). The fourth-order valence-electron chi connectivity index (χ4n) is 2.57. The van der Waals surface area contributed by atoms with E-state index in [-0.39, 0.29) is 5.78 Å². The third-order valence-electron chi connectivity index (χ3n) is 3.66. The van der Waals surface area contributed by atoms with Crippen molar-refractivity contribution in [1.82, 2.24) is 0 Å². The monoisotopic (exact) mass is 342 g/mol. The maximum atomic E-state index is 13.0. The van der Waals surface area contributed by atoms with Gasteiger partial charge in [0.2, 0.25) is 0 Å². The molecule has 0 spiro atoms. The van der Waals surface area contributed by atoms with E-state index in [0.717, 1.165) is 26.8 Å². The summed E-state index contributed by atoms with van der Waals surface area (Å²) in [6.45, 7) is 3.95. The summed E-state index contributed by atoms with van der Waals surface area (Å²) >= 11 is 3.44. The van der Waals surface area contributed by atoms with Crippen LogP contribution in [0.2, 0.25) is 0 Å². The highest BCUT2D eigenvalue weighted by Crippen LogP contribution is 2.30. The number of rotatable bonds is 3. The van der Waals surface area contributed by atoms with Gasteiger partial charge in [-0.1, -0.05) is 47.1 Å². The molecule has 21 heavy (non-hydrogen) atoms. The molecule has 0 aliphatic heterocycles. The van der Waals surface area contributed by atoms with Gasteiger partial charge in [-0.15, -0.1) is 0 Å². The number of carbonyl (C=O) groups excluding carboxylic acids is 1. The minimum atomic E-state index is 0.0237. The Morgan fingerprint density at radius 2 is 1.95 bits per heavy atom. The molecule has 2 aromatic carbocycles. The van der Waals surface area contributed by atoms with Gasteiger partial charge >= 0.3 is 0 Å². The lowest BCUT2D eigenvalue weighted by molar-refractivity contribution is 0.103. The second kappa shape index (κ2) is 5.49. The highest BCUT2D eigenvalue weighted by atomic mass is 79.9. The first kappa shape index (κ1) is 14.1. The number of halogens is 1. The Morgan fingerprint density at radius 3 is 2.71 bits per heavy atom. The number of ketones is 1. The summed E-state index contributed by atoms with van der Waals surface area (Å²) in [6.07, 6.45) is 0.697. The molecule has 0 saturated carbocycles. The van der Waals surface area contributed by atoms with E-state index in [4.69, 9.17) is 4.42 Å².